The lowest BCUT2D eigenvalue weighted by atomic mass is 10.2. The normalized spacial score (nSPS) is 9.87. The van der Waals surface area contributed by atoms with Gasteiger partial charge in [0.25, 0.3) is 0 Å². The average molecular weight is 432 g/mol. The fourth-order valence-electron chi connectivity index (χ4n) is 1.13. The molecule has 1 aromatic carbocycles. The second kappa shape index (κ2) is 5.88. The number of carbonyl (C=O) groups excluding carboxylic acids is 1. The van der Waals surface area contributed by atoms with Crippen LogP contribution < -0.4 is 4.74 Å². The van der Waals surface area contributed by atoms with Gasteiger partial charge in [0.2, 0.25) is 0 Å². The molecule has 0 aliphatic carbocycles. The Balaban J connectivity index is 3.24. The lowest BCUT2D eigenvalue weighted by Gasteiger charge is -2.11. The van der Waals surface area contributed by atoms with Crippen LogP contribution in [0.1, 0.15) is 17.3 Å². The smallest absolute Gasteiger partial charge is 0.343 e. The van der Waals surface area contributed by atoms with Crippen molar-refractivity contribution in [3.63, 3.8) is 0 Å². The Bertz CT molecular complexity index is 377. The van der Waals surface area contributed by atoms with E-state index >= 15 is 0 Å². The minimum atomic E-state index is -0.336. The molecular weight excluding hydrogens is 422 g/mol. The van der Waals surface area contributed by atoms with Gasteiger partial charge in [-0.25, -0.2) is 4.79 Å². The molecule has 0 aliphatic heterocycles. The summed E-state index contributed by atoms with van der Waals surface area (Å²) in [6.07, 6.45) is 0. The van der Waals surface area contributed by atoms with Crippen LogP contribution in [0.3, 0.4) is 0 Å². The van der Waals surface area contributed by atoms with Gasteiger partial charge in [0.1, 0.15) is 11.3 Å². The maximum absolute atomic E-state index is 11.7. The molecule has 0 saturated heterocycles. The first-order valence-electron chi connectivity index (χ1n) is 4.31. The van der Waals surface area contributed by atoms with Crippen molar-refractivity contribution in [2.45, 2.75) is 6.92 Å². The van der Waals surface area contributed by atoms with Crippen LogP contribution in [0.25, 0.3) is 0 Å². The summed E-state index contributed by atoms with van der Waals surface area (Å²) in [6, 6.07) is 3.78. The summed E-state index contributed by atoms with van der Waals surface area (Å²) in [4.78, 5) is 11.7. The lowest BCUT2D eigenvalue weighted by molar-refractivity contribution is 0.0521. The number of halogens is 2. The molecule has 5 heteroatoms. The summed E-state index contributed by atoms with van der Waals surface area (Å²) >= 11 is 4.23. The topological polar surface area (TPSA) is 35.5 Å². The summed E-state index contributed by atoms with van der Waals surface area (Å²) in [5.41, 5.74) is 0.506. The molecule has 0 spiro atoms. The van der Waals surface area contributed by atoms with Gasteiger partial charge in [-0.1, -0.05) is 0 Å². The molecule has 0 saturated carbocycles. The van der Waals surface area contributed by atoms with Crippen molar-refractivity contribution in [2.75, 3.05) is 13.7 Å². The zero-order chi connectivity index (χ0) is 11.4. The number of ether oxygens (including phenoxy) is 2. The number of hydrogen-bond acceptors (Lipinski definition) is 3. The quantitative estimate of drug-likeness (QED) is 0.545. The highest BCUT2D eigenvalue weighted by Crippen LogP contribution is 2.30. The van der Waals surface area contributed by atoms with Gasteiger partial charge in [-0.3, -0.25) is 0 Å². The predicted molar refractivity (Wildman–Crippen MR) is 74.4 cm³/mol. The number of carbonyl (C=O) groups is 1. The third-order valence-electron chi connectivity index (χ3n) is 1.74. The van der Waals surface area contributed by atoms with Crippen molar-refractivity contribution < 1.29 is 14.3 Å². The molecule has 1 rings (SSSR count). The average Bonchev–Trinajstić information content (AvgIpc) is 2.21. The van der Waals surface area contributed by atoms with Crippen LogP contribution in [0.2, 0.25) is 0 Å². The van der Waals surface area contributed by atoms with Crippen LogP contribution >= 0.6 is 45.2 Å². The van der Waals surface area contributed by atoms with Gasteiger partial charge in [0, 0.05) is 3.57 Å². The second-order valence-electron chi connectivity index (χ2n) is 2.66. The molecule has 1 aromatic rings. The van der Waals surface area contributed by atoms with E-state index in [1.54, 1.807) is 14.0 Å². The Labute approximate surface area is 116 Å². The maximum atomic E-state index is 11.7. The highest BCUT2D eigenvalue weighted by molar-refractivity contribution is 14.1. The number of rotatable bonds is 3. The summed E-state index contributed by atoms with van der Waals surface area (Å²) in [6.45, 7) is 2.15. The maximum Gasteiger partial charge on any atom is 0.343 e. The van der Waals surface area contributed by atoms with E-state index in [0.29, 0.717) is 17.9 Å². The molecule has 3 nitrogen and oxygen atoms in total. The van der Waals surface area contributed by atoms with Crippen LogP contribution in [0.4, 0.5) is 0 Å². The fourth-order valence-corrected chi connectivity index (χ4v) is 2.44. The number of methoxy groups -OCH3 is 1. The van der Waals surface area contributed by atoms with E-state index in [-0.39, 0.29) is 5.97 Å². The molecule has 0 fully saturated rings. The van der Waals surface area contributed by atoms with E-state index in [0.717, 1.165) is 7.14 Å². The van der Waals surface area contributed by atoms with Crippen molar-refractivity contribution in [3.05, 3.63) is 24.8 Å². The zero-order valence-electron chi connectivity index (χ0n) is 8.34. The van der Waals surface area contributed by atoms with Crippen molar-refractivity contribution in [1.82, 2.24) is 0 Å². The zero-order valence-corrected chi connectivity index (χ0v) is 12.7. The molecule has 0 atom stereocenters. The number of esters is 1. The van der Waals surface area contributed by atoms with Gasteiger partial charge in [0.15, 0.2) is 0 Å². The molecule has 0 heterocycles. The van der Waals surface area contributed by atoms with E-state index in [4.69, 9.17) is 9.47 Å². The Hall–Kier alpha value is -0.0500. The van der Waals surface area contributed by atoms with Gasteiger partial charge in [-0.2, -0.15) is 0 Å². The highest BCUT2D eigenvalue weighted by Gasteiger charge is 2.19. The number of hydrogen-bond donors (Lipinski definition) is 0. The van der Waals surface area contributed by atoms with E-state index in [1.165, 1.54) is 0 Å². The predicted octanol–water partition coefficient (Wildman–Crippen LogP) is 3.08. The Morgan fingerprint density at radius 2 is 1.93 bits per heavy atom. The van der Waals surface area contributed by atoms with Crippen LogP contribution in [-0.4, -0.2) is 19.7 Å². The monoisotopic (exact) mass is 432 g/mol. The molecule has 82 valence electrons. The van der Waals surface area contributed by atoms with Gasteiger partial charge in [-0.05, 0) is 64.2 Å². The van der Waals surface area contributed by atoms with E-state index in [2.05, 4.69) is 45.2 Å². The van der Waals surface area contributed by atoms with Crippen molar-refractivity contribution >= 4 is 51.2 Å². The molecular formula is C10H10I2O3. The summed E-state index contributed by atoms with van der Waals surface area (Å²) in [7, 11) is 1.55. The SMILES string of the molecule is CCOC(=O)c1c(I)ccc(I)c1OC. The molecule has 0 bridgehead atoms. The van der Waals surface area contributed by atoms with E-state index in [1.807, 2.05) is 12.1 Å². The summed E-state index contributed by atoms with van der Waals surface area (Å²) in [5.74, 6) is 0.248. The molecule has 0 amide bonds. The van der Waals surface area contributed by atoms with Gasteiger partial charge in [-0.15, -0.1) is 0 Å². The van der Waals surface area contributed by atoms with Crippen molar-refractivity contribution in [2.24, 2.45) is 0 Å². The Morgan fingerprint density at radius 1 is 1.33 bits per heavy atom. The Kier molecular flexibility index (Phi) is 5.10. The first-order chi connectivity index (χ1) is 7.11. The first-order valence-corrected chi connectivity index (χ1v) is 6.46. The molecule has 0 unspecified atom stereocenters. The Morgan fingerprint density at radius 3 is 2.47 bits per heavy atom. The lowest BCUT2D eigenvalue weighted by Crippen LogP contribution is -2.09. The van der Waals surface area contributed by atoms with Gasteiger partial charge in [0.05, 0.1) is 17.3 Å². The molecule has 0 radical (unpaired) electrons. The molecule has 0 aromatic heterocycles. The van der Waals surface area contributed by atoms with Gasteiger partial charge >= 0.3 is 5.97 Å². The van der Waals surface area contributed by atoms with Crippen LogP contribution in [0.15, 0.2) is 12.1 Å². The van der Waals surface area contributed by atoms with Crippen LogP contribution in [0.5, 0.6) is 5.75 Å². The standard InChI is InChI=1S/C10H10I2O3/c1-3-15-10(13)8-6(11)4-5-7(12)9(8)14-2/h4-5H,3H2,1-2H3. The summed E-state index contributed by atoms with van der Waals surface area (Å²) in [5, 5.41) is 0. The molecule has 0 aliphatic rings. The third kappa shape index (κ3) is 2.96. The minimum absolute atomic E-state index is 0.336. The third-order valence-corrected chi connectivity index (χ3v) is 3.49. The van der Waals surface area contributed by atoms with Crippen molar-refractivity contribution in [3.8, 4) is 5.75 Å². The van der Waals surface area contributed by atoms with Gasteiger partial charge < -0.3 is 9.47 Å². The minimum Gasteiger partial charge on any atom is -0.495 e. The van der Waals surface area contributed by atoms with Crippen LogP contribution in [0, 0.1) is 7.14 Å². The molecule has 0 N–H and O–H groups in total. The number of benzene rings is 1. The fraction of sp³-hybridized carbons (Fsp3) is 0.300. The molecule has 15 heavy (non-hydrogen) atoms. The first kappa shape index (κ1) is 13.0. The van der Waals surface area contributed by atoms with Crippen molar-refractivity contribution in [1.29, 1.82) is 0 Å². The van der Waals surface area contributed by atoms with E-state index in [9.17, 15) is 4.79 Å². The second-order valence-corrected chi connectivity index (χ2v) is 4.98. The summed E-state index contributed by atoms with van der Waals surface area (Å²) < 4.78 is 11.9. The van der Waals surface area contributed by atoms with E-state index < -0.39 is 0 Å². The highest BCUT2D eigenvalue weighted by atomic mass is 127. The largest absolute Gasteiger partial charge is 0.495 e. The van der Waals surface area contributed by atoms with Crippen LogP contribution in [-0.2, 0) is 4.74 Å².